The van der Waals surface area contributed by atoms with Gasteiger partial charge < -0.3 is 15.4 Å². The summed E-state index contributed by atoms with van der Waals surface area (Å²) in [4.78, 5) is 0. The lowest BCUT2D eigenvalue weighted by atomic mass is 9.80. The Kier molecular flexibility index (Phi) is 3.69. The summed E-state index contributed by atoms with van der Waals surface area (Å²) in [5.41, 5.74) is 0. The minimum absolute atomic E-state index is 0.598. The second-order valence-corrected chi connectivity index (χ2v) is 6.28. The van der Waals surface area contributed by atoms with Crippen LogP contribution in [0.2, 0.25) is 0 Å². The average Bonchev–Trinajstić information content (AvgIpc) is 2.76. The van der Waals surface area contributed by atoms with Crippen LogP contribution in [0.15, 0.2) is 0 Å². The van der Waals surface area contributed by atoms with Gasteiger partial charge in [-0.3, -0.25) is 0 Å². The largest absolute Gasteiger partial charge is 0.379 e. The van der Waals surface area contributed by atoms with Crippen molar-refractivity contribution in [2.75, 3.05) is 19.8 Å². The van der Waals surface area contributed by atoms with Crippen molar-refractivity contribution in [2.24, 2.45) is 11.8 Å². The maximum absolute atomic E-state index is 5.61. The van der Waals surface area contributed by atoms with Crippen LogP contribution in [0.1, 0.15) is 39.0 Å². The van der Waals surface area contributed by atoms with E-state index in [2.05, 4.69) is 17.6 Å². The molecule has 3 rings (SSSR count). The smallest absolute Gasteiger partial charge is 0.0623 e. The van der Waals surface area contributed by atoms with Crippen molar-refractivity contribution >= 4 is 0 Å². The summed E-state index contributed by atoms with van der Waals surface area (Å²) >= 11 is 0. The van der Waals surface area contributed by atoms with Gasteiger partial charge in [0.2, 0.25) is 0 Å². The molecule has 3 atom stereocenters. The van der Waals surface area contributed by atoms with Gasteiger partial charge in [-0.05, 0) is 37.5 Å². The van der Waals surface area contributed by atoms with Gasteiger partial charge in [0.25, 0.3) is 0 Å². The molecule has 0 radical (unpaired) electrons. The highest BCUT2D eigenvalue weighted by Gasteiger charge is 2.37. The first-order valence-electron chi connectivity index (χ1n) is 7.40. The summed E-state index contributed by atoms with van der Waals surface area (Å²) in [7, 11) is 0. The Morgan fingerprint density at radius 2 is 2.12 bits per heavy atom. The molecule has 2 aliphatic carbocycles. The molecule has 3 fully saturated rings. The number of ether oxygens (including phenoxy) is 1. The summed E-state index contributed by atoms with van der Waals surface area (Å²) in [6, 6.07) is 2.15. The third kappa shape index (κ3) is 2.67. The van der Waals surface area contributed by atoms with Crippen molar-refractivity contribution in [1.82, 2.24) is 10.6 Å². The number of morpholine rings is 1. The third-order valence-electron chi connectivity index (χ3n) is 4.86. The van der Waals surface area contributed by atoms with E-state index >= 15 is 0 Å². The zero-order chi connectivity index (χ0) is 11.7. The molecule has 2 saturated carbocycles. The van der Waals surface area contributed by atoms with E-state index in [1.807, 2.05) is 0 Å². The molecule has 0 aromatic rings. The maximum Gasteiger partial charge on any atom is 0.0623 e. The molecule has 1 saturated heterocycles. The van der Waals surface area contributed by atoms with Crippen molar-refractivity contribution < 1.29 is 4.74 Å². The van der Waals surface area contributed by atoms with Gasteiger partial charge in [-0.1, -0.05) is 13.3 Å². The lowest BCUT2D eigenvalue weighted by Crippen LogP contribution is -2.54. The molecule has 0 bridgehead atoms. The van der Waals surface area contributed by atoms with E-state index in [0.29, 0.717) is 6.04 Å². The molecule has 0 aromatic heterocycles. The van der Waals surface area contributed by atoms with Crippen molar-refractivity contribution in [3.05, 3.63) is 0 Å². The number of hydrogen-bond acceptors (Lipinski definition) is 3. The quantitative estimate of drug-likeness (QED) is 0.782. The van der Waals surface area contributed by atoms with Crippen LogP contribution >= 0.6 is 0 Å². The fraction of sp³-hybridized carbons (Fsp3) is 1.00. The topological polar surface area (TPSA) is 33.3 Å². The Balaban J connectivity index is 1.52. The van der Waals surface area contributed by atoms with Crippen LogP contribution < -0.4 is 10.6 Å². The Labute approximate surface area is 105 Å². The number of nitrogens with one attached hydrogen (secondary N) is 2. The zero-order valence-corrected chi connectivity index (χ0v) is 11.0. The van der Waals surface area contributed by atoms with Crippen LogP contribution in [0.5, 0.6) is 0 Å². The summed E-state index contributed by atoms with van der Waals surface area (Å²) in [5, 5.41) is 7.54. The second kappa shape index (κ2) is 5.25. The summed E-state index contributed by atoms with van der Waals surface area (Å²) in [6.45, 7) is 5.21. The highest BCUT2D eigenvalue weighted by Crippen LogP contribution is 2.33. The number of hydrogen-bond donors (Lipinski definition) is 2. The molecular weight excluding hydrogens is 212 g/mol. The molecule has 17 heavy (non-hydrogen) atoms. The first-order chi connectivity index (χ1) is 8.33. The third-order valence-corrected chi connectivity index (χ3v) is 4.86. The molecule has 1 aliphatic heterocycles. The fourth-order valence-corrected chi connectivity index (χ4v) is 3.88. The first-order valence-corrected chi connectivity index (χ1v) is 7.40. The second-order valence-electron chi connectivity index (χ2n) is 6.28. The van der Waals surface area contributed by atoms with E-state index in [1.165, 1.54) is 32.1 Å². The van der Waals surface area contributed by atoms with Crippen LogP contribution in [-0.4, -0.2) is 37.9 Å². The molecule has 3 nitrogen and oxygen atoms in total. The molecule has 2 N–H and O–H groups in total. The van der Waals surface area contributed by atoms with Crippen LogP contribution in [0, 0.1) is 11.8 Å². The first kappa shape index (κ1) is 11.9. The predicted molar refractivity (Wildman–Crippen MR) is 69.1 cm³/mol. The van der Waals surface area contributed by atoms with Crippen molar-refractivity contribution in [2.45, 2.75) is 57.2 Å². The molecule has 0 amide bonds. The van der Waals surface area contributed by atoms with Crippen LogP contribution in [0.25, 0.3) is 0 Å². The Hall–Kier alpha value is -0.120. The van der Waals surface area contributed by atoms with Crippen molar-refractivity contribution in [1.29, 1.82) is 0 Å². The van der Waals surface area contributed by atoms with E-state index in [0.717, 1.165) is 43.7 Å². The van der Waals surface area contributed by atoms with Gasteiger partial charge in [0.15, 0.2) is 0 Å². The zero-order valence-electron chi connectivity index (χ0n) is 11.0. The van der Waals surface area contributed by atoms with E-state index in [4.69, 9.17) is 4.74 Å². The van der Waals surface area contributed by atoms with Gasteiger partial charge in [0, 0.05) is 24.7 Å². The Morgan fingerprint density at radius 1 is 1.24 bits per heavy atom. The van der Waals surface area contributed by atoms with Crippen molar-refractivity contribution in [3.8, 4) is 0 Å². The van der Waals surface area contributed by atoms with Gasteiger partial charge in [0.05, 0.1) is 13.2 Å². The van der Waals surface area contributed by atoms with Gasteiger partial charge in [-0.2, -0.15) is 0 Å². The predicted octanol–water partition coefficient (Wildman–Crippen LogP) is 1.53. The lowest BCUT2D eigenvalue weighted by Gasteiger charge is -2.39. The molecule has 3 unspecified atom stereocenters. The summed E-state index contributed by atoms with van der Waals surface area (Å²) in [6.07, 6.45) is 6.91. The maximum atomic E-state index is 5.61. The highest BCUT2D eigenvalue weighted by molar-refractivity contribution is 4.95. The molecule has 1 heterocycles. The minimum Gasteiger partial charge on any atom is -0.379 e. The fourth-order valence-electron chi connectivity index (χ4n) is 3.88. The normalized spacial score (nSPS) is 46.8. The molecule has 0 spiro atoms. The van der Waals surface area contributed by atoms with E-state index in [9.17, 15) is 0 Å². The van der Waals surface area contributed by atoms with Gasteiger partial charge >= 0.3 is 0 Å². The highest BCUT2D eigenvalue weighted by atomic mass is 16.5. The number of rotatable bonds is 3. The van der Waals surface area contributed by atoms with Gasteiger partial charge in [0.1, 0.15) is 0 Å². The molecule has 3 heteroatoms. The van der Waals surface area contributed by atoms with Crippen molar-refractivity contribution in [3.63, 3.8) is 0 Å². The van der Waals surface area contributed by atoms with Gasteiger partial charge in [-0.25, -0.2) is 0 Å². The molecule has 3 aliphatic rings. The van der Waals surface area contributed by atoms with Crippen LogP contribution in [0.4, 0.5) is 0 Å². The van der Waals surface area contributed by atoms with Crippen LogP contribution in [-0.2, 0) is 4.74 Å². The Morgan fingerprint density at radius 3 is 2.82 bits per heavy atom. The molecular formula is C14H26N2O. The Bertz CT molecular complexity index is 247. The van der Waals surface area contributed by atoms with Gasteiger partial charge in [-0.15, -0.1) is 0 Å². The monoisotopic (exact) mass is 238 g/mol. The van der Waals surface area contributed by atoms with E-state index < -0.39 is 0 Å². The molecule has 0 aromatic carbocycles. The van der Waals surface area contributed by atoms with E-state index in [1.54, 1.807) is 0 Å². The SMILES string of the molecule is CC1CC(NC2CCCC2C2COCCN2)C1. The minimum atomic E-state index is 0.598. The molecule has 98 valence electrons. The lowest BCUT2D eigenvalue weighted by molar-refractivity contribution is 0.0497. The average molecular weight is 238 g/mol. The summed E-state index contributed by atoms with van der Waals surface area (Å²) in [5.74, 6) is 1.75. The van der Waals surface area contributed by atoms with Crippen LogP contribution in [0.3, 0.4) is 0 Å². The summed E-state index contributed by atoms with van der Waals surface area (Å²) < 4.78 is 5.61. The standard InChI is InChI=1S/C14H26N2O/c1-10-7-11(8-10)16-13-4-2-3-12(13)14-9-17-6-5-15-14/h10-16H,2-9H2,1H3. The van der Waals surface area contributed by atoms with E-state index in [-0.39, 0.29) is 0 Å².